The van der Waals surface area contributed by atoms with Crippen LogP contribution < -0.4 is 0 Å². The zero-order valence-electron chi connectivity index (χ0n) is 10.1. The Morgan fingerprint density at radius 2 is 2.00 bits per heavy atom. The topological polar surface area (TPSA) is 3.24 Å². The second-order valence-corrected chi connectivity index (χ2v) is 5.66. The average Bonchev–Trinajstić information content (AvgIpc) is 2.26. The van der Waals surface area contributed by atoms with Crippen molar-refractivity contribution in [3.8, 4) is 0 Å². The highest BCUT2D eigenvalue weighted by atomic mass is 79.9. The smallest absolute Gasteiger partial charge is 0.0240 e. The van der Waals surface area contributed by atoms with Crippen LogP contribution in [0.1, 0.15) is 25.8 Å². The summed E-state index contributed by atoms with van der Waals surface area (Å²) in [6.07, 6.45) is 1.34. The number of nitrogens with zero attached hydrogens (tertiary/aromatic N) is 1. The second kappa shape index (κ2) is 5.33. The van der Waals surface area contributed by atoms with Gasteiger partial charge in [0.2, 0.25) is 0 Å². The molecule has 88 valence electrons. The molecule has 0 aromatic heterocycles. The van der Waals surface area contributed by atoms with E-state index in [-0.39, 0.29) is 0 Å². The molecule has 0 spiro atoms. The van der Waals surface area contributed by atoms with Crippen molar-refractivity contribution in [1.82, 2.24) is 4.90 Å². The summed E-state index contributed by atoms with van der Waals surface area (Å²) in [5, 5.41) is 1.10. The molecule has 1 aromatic carbocycles. The van der Waals surface area contributed by atoms with Crippen molar-refractivity contribution in [2.45, 2.75) is 38.9 Å². The maximum atomic E-state index is 3.61. The third-order valence-electron chi connectivity index (χ3n) is 3.56. The van der Waals surface area contributed by atoms with Gasteiger partial charge >= 0.3 is 0 Å². The Labute approximate surface area is 107 Å². The average molecular weight is 282 g/mol. The molecule has 0 saturated carbocycles. The van der Waals surface area contributed by atoms with E-state index in [1.54, 1.807) is 0 Å². The Kier molecular flexibility index (Phi) is 4.04. The van der Waals surface area contributed by atoms with Gasteiger partial charge in [-0.1, -0.05) is 60.1 Å². The van der Waals surface area contributed by atoms with Gasteiger partial charge in [-0.05, 0) is 17.9 Å². The minimum atomic E-state index is 0.729. The molecule has 1 nitrogen and oxygen atoms in total. The van der Waals surface area contributed by atoms with Crippen LogP contribution in [0.25, 0.3) is 0 Å². The second-order valence-electron chi connectivity index (χ2n) is 5.01. The van der Waals surface area contributed by atoms with Gasteiger partial charge in [-0.2, -0.15) is 0 Å². The Hall–Kier alpha value is -0.340. The number of alkyl halides is 1. The van der Waals surface area contributed by atoms with Crippen molar-refractivity contribution in [2.75, 3.05) is 5.33 Å². The molecule has 1 aromatic rings. The SMILES string of the molecule is CC(C)[C@@H]1C[C@H](CBr)N1Cc1ccccc1. The molecule has 1 saturated heterocycles. The summed E-state index contributed by atoms with van der Waals surface area (Å²) in [4.78, 5) is 2.63. The van der Waals surface area contributed by atoms with Crippen LogP contribution in [0.5, 0.6) is 0 Å². The molecular weight excluding hydrogens is 262 g/mol. The van der Waals surface area contributed by atoms with Gasteiger partial charge in [-0.3, -0.25) is 4.90 Å². The van der Waals surface area contributed by atoms with Gasteiger partial charge in [0.1, 0.15) is 0 Å². The largest absolute Gasteiger partial charge is 0.292 e. The highest BCUT2D eigenvalue weighted by Gasteiger charge is 2.38. The molecule has 1 heterocycles. The molecule has 2 heteroatoms. The first-order valence-electron chi connectivity index (χ1n) is 6.08. The molecule has 1 aliphatic heterocycles. The Balaban J connectivity index is 2.01. The van der Waals surface area contributed by atoms with Crippen LogP contribution in [-0.4, -0.2) is 22.3 Å². The van der Waals surface area contributed by atoms with E-state index in [2.05, 4.69) is 65.0 Å². The first-order valence-corrected chi connectivity index (χ1v) is 7.20. The minimum absolute atomic E-state index is 0.729. The Morgan fingerprint density at radius 1 is 1.31 bits per heavy atom. The van der Waals surface area contributed by atoms with Crippen molar-refractivity contribution in [2.24, 2.45) is 5.92 Å². The number of hydrogen-bond donors (Lipinski definition) is 0. The van der Waals surface area contributed by atoms with Crippen molar-refractivity contribution in [1.29, 1.82) is 0 Å². The molecule has 0 N–H and O–H groups in total. The fraction of sp³-hybridized carbons (Fsp3) is 0.571. The lowest BCUT2D eigenvalue weighted by molar-refractivity contribution is -0.00611. The Bertz CT molecular complexity index is 323. The predicted octanol–water partition coefficient (Wildman–Crippen LogP) is 3.68. The molecule has 0 bridgehead atoms. The summed E-state index contributed by atoms with van der Waals surface area (Å²) < 4.78 is 0. The van der Waals surface area contributed by atoms with Crippen molar-refractivity contribution < 1.29 is 0 Å². The lowest BCUT2D eigenvalue weighted by Crippen LogP contribution is -2.58. The van der Waals surface area contributed by atoms with E-state index in [0.29, 0.717) is 0 Å². The highest BCUT2D eigenvalue weighted by Crippen LogP contribution is 2.33. The van der Waals surface area contributed by atoms with E-state index in [9.17, 15) is 0 Å². The molecule has 16 heavy (non-hydrogen) atoms. The zero-order chi connectivity index (χ0) is 11.5. The molecule has 0 radical (unpaired) electrons. The first-order chi connectivity index (χ1) is 7.72. The molecule has 1 fully saturated rings. The molecule has 2 atom stereocenters. The number of rotatable bonds is 4. The lowest BCUT2D eigenvalue weighted by atomic mass is 9.85. The molecule has 0 amide bonds. The van der Waals surface area contributed by atoms with Crippen LogP contribution in [0.2, 0.25) is 0 Å². The molecule has 0 aliphatic carbocycles. The van der Waals surface area contributed by atoms with Gasteiger partial charge in [-0.25, -0.2) is 0 Å². The zero-order valence-corrected chi connectivity index (χ0v) is 11.7. The van der Waals surface area contributed by atoms with Gasteiger partial charge in [0.05, 0.1) is 0 Å². The number of hydrogen-bond acceptors (Lipinski definition) is 1. The fourth-order valence-electron chi connectivity index (χ4n) is 2.53. The predicted molar refractivity (Wildman–Crippen MR) is 72.8 cm³/mol. The van der Waals surface area contributed by atoms with E-state index in [1.165, 1.54) is 12.0 Å². The van der Waals surface area contributed by atoms with Gasteiger partial charge in [0.15, 0.2) is 0 Å². The molecule has 2 rings (SSSR count). The lowest BCUT2D eigenvalue weighted by Gasteiger charge is -2.50. The van der Waals surface area contributed by atoms with Crippen molar-refractivity contribution >= 4 is 15.9 Å². The third-order valence-corrected chi connectivity index (χ3v) is 4.31. The van der Waals surface area contributed by atoms with Gasteiger partial charge < -0.3 is 0 Å². The summed E-state index contributed by atoms with van der Waals surface area (Å²) in [5.41, 5.74) is 1.43. The first kappa shape index (κ1) is 12.1. The van der Waals surface area contributed by atoms with E-state index >= 15 is 0 Å². The number of benzene rings is 1. The maximum absolute atomic E-state index is 3.61. The summed E-state index contributed by atoms with van der Waals surface area (Å²) in [6, 6.07) is 12.3. The van der Waals surface area contributed by atoms with Crippen LogP contribution in [0.15, 0.2) is 30.3 Å². The van der Waals surface area contributed by atoms with Crippen LogP contribution in [0.4, 0.5) is 0 Å². The number of likely N-dealkylation sites (tertiary alicyclic amines) is 1. The fourth-order valence-corrected chi connectivity index (χ4v) is 3.17. The van der Waals surface area contributed by atoms with E-state index in [1.807, 2.05) is 0 Å². The molecular formula is C14H20BrN. The minimum Gasteiger partial charge on any atom is -0.292 e. The monoisotopic (exact) mass is 281 g/mol. The van der Waals surface area contributed by atoms with Crippen LogP contribution in [0.3, 0.4) is 0 Å². The highest BCUT2D eigenvalue weighted by molar-refractivity contribution is 9.09. The Morgan fingerprint density at radius 3 is 2.56 bits per heavy atom. The van der Waals surface area contributed by atoms with Crippen LogP contribution in [0, 0.1) is 5.92 Å². The third kappa shape index (κ3) is 2.49. The summed E-state index contributed by atoms with van der Waals surface area (Å²) in [7, 11) is 0. The van der Waals surface area contributed by atoms with Crippen molar-refractivity contribution in [3.63, 3.8) is 0 Å². The quantitative estimate of drug-likeness (QED) is 0.761. The standard InChI is InChI=1S/C14H20BrN/c1-11(2)14-8-13(9-15)16(14)10-12-6-4-3-5-7-12/h3-7,11,13-14H,8-10H2,1-2H3/t13-,14+/m1/s1. The number of halogens is 1. The van der Waals surface area contributed by atoms with Gasteiger partial charge in [0.25, 0.3) is 0 Å². The summed E-state index contributed by atoms with van der Waals surface area (Å²) in [5.74, 6) is 0.763. The van der Waals surface area contributed by atoms with Gasteiger partial charge in [0, 0.05) is 24.0 Å². The van der Waals surface area contributed by atoms with Crippen LogP contribution >= 0.6 is 15.9 Å². The van der Waals surface area contributed by atoms with E-state index in [4.69, 9.17) is 0 Å². The molecule has 0 unspecified atom stereocenters. The summed E-state index contributed by atoms with van der Waals surface area (Å²) in [6.45, 7) is 5.75. The van der Waals surface area contributed by atoms with Crippen LogP contribution in [-0.2, 0) is 6.54 Å². The van der Waals surface area contributed by atoms with Gasteiger partial charge in [-0.15, -0.1) is 0 Å². The van der Waals surface area contributed by atoms with E-state index < -0.39 is 0 Å². The summed E-state index contributed by atoms with van der Waals surface area (Å²) >= 11 is 3.61. The van der Waals surface area contributed by atoms with Crippen molar-refractivity contribution in [3.05, 3.63) is 35.9 Å². The molecule has 1 aliphatic rings. The van der Waals surface area contributed by atoms with E-state index in [0.717, 1.165) is 29.9 Å². The normalized spacial score (nSPS) is 25.8. The maximum Gasteiger partial charge on any atom is 0.0240 e.